The molecule has 0 bridgehead atoms. The van der Waals surface area contributed by atoms with Crippen LogP contribution in [0.25, 0.3) is 6.08 Å². The molecule has 2 atom stereocenters. The number of nitrogens with two attached hydrogens (primary N) is 1. The fraction of sp³-hybridized carbons (Fsp3) is 0.263. The van der Waals surface area contributed by atoms with Gasteiger partial charge in [-0.3, -0.25) is 9.59 Å². The minimum Gasteiger partial charge on any atom is -0.484 e. The summed E-state index contributed by atoms with van der Waals surface area (Å²) < 4.78 is 10.9. The maximum absolute atomic E-state index is 12.0. The number of benzene rings is 1. The summed E-state index contributed by atoms with van der Waals surface area (Å²) in [7, 11) is 0. The number of amides is 2. The van der Waals surface area contributed by atoms with E-state index in [9.17, 15) is 9.59 Å². The zero-order valence-electron chi connectivity index (χ0n) is 13.9. The summed E-state index contributed by atoms with van der Waals surface area (Å²) in [4.78, 5) is 22.6. The van der Waals surface area contributed by atoms with Crippen molar-refractivity contribution in [2.45, 2.75) is 19.3 Å². The first-order valence-corrected chi connectivity index (χ1v) is 8.11. The van der Waals surface area contributed by atoms with Gasteiger partial charge in [0.2, 0.25) is 5.91 Å². The fourth-order valence-electron chi connectivity index (χ4n) is 2.51. The van der Waals surface area contributed by atoms with Crippen LogP contribution in [0.15, 0.2) is 46.9 Å². The number of hydrogen-bond acceptors (Lipinski definition) is 4. The molecule has 130 valence electrons. The molecule has 2 unspecified atom stereocenters. The molecule has 1 aromatic carbocycles. The van der Waals surface area contributed by atoms with Gasteiger partial charge in [0.15, 0.2) is 6.61 Å². The highest BCUT2D eigenvalue weighted by atomic mass is 16.5. The van der Waals surface area contributed by atoms with Gasteiger partial charge in [-0.2, -0.15) is 0 Å². The maximum Gasteiger partial charge on any atom is 0.255 e. The highest BCUT2D eigenvalue weighted by Gasteiger charge is 2.36. The average Bonchev–Trinajstić information content (AvgIpc) is 3.13. The molecular formula is C19H20N2O4. The molecule has 2 aromatic rings. The quantitative estimate of drug-likeness (QED) is 0.758. The Hall–Kier alpha value is -3.02. The number of hydrogen-bond donors (Lipinski definition) is 2. The van der Waals surface area contributed by atoms with Crippen molar-refractivity contribution in [3.63, 3.8) is 0 Å². The molecule has 0 spiro atoms. The van der Waals surface area contributed by atoms with Crippen LogP contribution in [0.3, 0.4) is 0 Å². The van der Waals surface area contributed by atoms with Gasteiger partial charge in [0.25, 0.3) is 5.91 Å². The molecule has 1 fully saturated rings. The highest BCUT2D eigenvalue weighted by molar-refractivity contribution is 6.01. The van der Waals surface area contributed by atoms with Crippen LogP contribution in [0, 0.1) is 5.92 Å². The zero-order chi connectivity index (χ0) is 17.8. The Kier molecular flexibility index (Phi) is 4.88. The Morgan fingerprint density at radius 2 is 2.00 bits per heavy atom. The molecule has 25 heavy (non-hydrogen) atoms. The van der Waals surface area contributed by atoms with Gasteiger partial charge in [0, 0.05) is 17.7 Å². The van der Waals surface area contributed by atoms with E-state index in [2.05, 4.69) is 12.2 Å². The predicted octanol–water partition coefficient (Wildman–Crippen LogP) is 2.92. The molecule has 2 amide bonds. The first-order chi connectivity index (χ1) is 12.0. The highest BCUT2D eigenvalue weighted by Crippen LogP contribution is 2.47. The molecule has 3 N–H and O–H groups in total. The Balaban J connectivity index is 1.51. The van der Waals surface area contributed by atoms with Crippen LogP contribution >= 0.6 is 0 Å². The lowest BCUT2D eigenvalue weighted by Crippen LogP contribution is -2.20. The number of primary amides is 1. The molecule has 6 nitrogen and oxygen atoms in total. The molecule has 1 aliphatic rings. The largest absolute Gasteiger partial charge is 0.484 e. The van der Waals surface area contributed by atoms with E-state index >= 15 is 0 Å². The van der Waals surface area contributed by atoms with Gasteiger partial charge < -0.3 is 20.2 Å². The molecular weight excluding hydrogens is 320 g/mol. The standard InChI is InChI=1S/C19H20N2O4/c1-12-10-16(12)17-8-6-15(25-17)7-9-19(23)21-13-2-4-14(5-3-13)24-11-18(20)22/h2-9,12,16H,10-11H2,1H3,(H2,20,22)(H,21,23)/b9-7+. The van der Waals surface area contributed by atoms with Crippen molar-refractivity contribution in [1.29, 1.82) is 0 Å². The molecule has 1 aromatic heterocycles. The number of rotatable bonds is 7. The Labute approximate surface area is 145 Å². The second-order valence-corrected chi connectivity index (χ2v) is 6.16. The number of anilines is 1. The second-order valence-electron chi connectivity index (χ2n) is 6.16. The molecule has 3 rings (SSSR count). The van der Waals surface area contributed by atoms with E-state index in [0.717, 1.165) is 12.2 Å². The minimum absolute atomic E-state index is 0.181. The minimum atomic E-state index is -0.542. The summed E-state index contributed by atoms with van der Waals surface area (Å²) >= 11 is 0. The molecule has 0 saturated heterocycles. The monoisotopic (exact) mass is 340 g/mol. The summed E-state index contributed by atoms with van der Waals surface area (Å²) in [6.07, 6.45) is 4.24. The van der Waals surface area contributed by atoms with Gasteiger partial charge in [0.1, 0.15) is 17.3 Å². The van der Waals surface area contributed by atoms with Crippen LogP contribution in [-0.2, 0) is 9.59 Å². The van der Waals surface area contributed by atoms with Crippen molar-refractivity contribution in [3.05, 3.63) is 54.0 Å². The van der Waals surface area contributed by atoms with Crippen molar-refractivity contribution in [1.82, 2.24) is 0 Å². The van der Waals surface area contributed by atoms with E-state index in [1.807, 2.05) is 12.1 Å². The Morgan fingerprint density at radius 1 is 1.28 bits per heavy atom. The van der Waals surface area contributed by atoms with Crippen molar-refractivity contribution in [2.24, 2.45) is 11.7 Å². The summed E-state index contributed by atoms with van der Waals surface area (Å²) in [6, 6.07) is 10.5. The number of carbonyl (C=O) groups is 2. The summed E-state index contributed by atoms with van der Waals surface area (Å²) in [6.45, 7) is 2.01. The van der Waals surface area contributed by atoms with Gasteiger partial charge in [-0.25, -0.2) is 0 Å². The third-order valence-corrected chi connectivity index (χ3v) is 4.02. The average molecular weight is 340 g/mol. The third-order valence-electron chi connectivity index (χ3n) is 4.02. The molecule has 6 heteroatoms. The number of ether oxygens (including phenoxy) is 1. The van der Waals surface area contributed by atoms with Crippen LogP contribution in [-0.4, -0.2) is 18.4 Å². The molecule has 0 aliphatic heterocycles. The van der Waals surface area contributed by atoms with Crippen molar-refractivity contribution < 1.29 is 18.7 Å². The van der Waals surface area contributed by atoms with Gasteiger partial charge >= 0.3 is 0 Å². The number of furan rings is 1. The summed E-state index contributed by atoms with van der Waals surface area (Å²) in [5.41, 5.74) is 5.63. The molecule has 0 radical (unpaired) electrons. The van der Waals surface area contributed by atoms with Crippen LogP contribution in [0.2, 0.25) is 0 Å². The molecule has 1 saturated carbocycles. The number of nitrogens with one attached hydrogen (secondary N) is 1. The fourth-order valence-corrected chi connectivity index (χ4v) is 2.51. The molecule has 1 heterocycles. The van der Waals surface area contributed by atoms with E-state index < -0.39 is 5.91 Å². The topological polar surface area (TPSA) is 94.6 Å². The number of carbonyl (C=O) groups excluding carboxylic acids is 2. The second kappa shape index (κ2) is 7.25. The smallest absolute Gasteiger partial charge is 0.255 e. The lowest BCUT2D eigenvalue weighted by molar-refractivity contribution is -0.120. The van der Waals surface area contributed by atoms with E-state index in [4.69, 9.17) is 14.9 Å². The van der Waals surface area contributed by atoms with E-state index in [1.165, 1.54) is 6.08 Å². The van der Waals surface area contributed by atoms with E-state index in [1.54, 1.807) is 30.3 Å². The SMILES string of the molecule is CC1CC1c1ccc(/C=C/C(=O)Nc2ccc(OCC(N)=O)cc2)o1. The normalized spacial score (nSPS) is 18.9. The first-order valence-electron chi connectivity index (χ1n) is 8.11. The van der Waals surface area contributed by atoms with Crippen LogP contribution in [0.1, 0.15) is 30.8 Å². The van der Waals surface area contributed by atoms with Gasteiger partial charge in [-0.15, -0.1) is 0 Å². The maximum atomic E-state index is 12.0. The first kappa shape index (κ1) is 16.8. The van der Waals surface area contributed by atoms with Crippen molar-refractivity contribution >= 4 is 23.6 Å². The Bertz CT molecular complexity index is 792. The van der Waals surface area contributed by atoms with E-state index in [0.29, 0.717) is 29.0 Å². The lowest BCUT2D eigenvalue weighted by atomic mass is 10.3. The van der Waals surface area contributed by atoms with Crippen molar-refractivity contribution in [2.75, 3.05) is 11.9 Å². The zero-order valence-corrected chi connectivity index (χ0v) is 13.9. The van der Waals surface area contributed by atoms with Crippen LogP contribution in [0.4, 0.5) is 5.69 Å². The van der Waals surface area contributed by atoms with Gasteiger partial charge in [0.05, 0.1) is 0 Å². The third kappa shape index (κ3) is 4.73. The van der Waals surface area contributed by atoms with Crippen LogP contribution < -0.4 is 15.8 Å². The molecule has 1 aliphatic carbocycles. The summed E-state index contributed by atoms with van der Waals surface area (Å²) in [5, 5.41) is 2.74. The van der Waals surface area contributed by atoms with Crippen LogP contribution in [0.5, 0.6) is 5.75 Å². The van der Waals surface area contributed by atoms with Gasteiger partial charge in [-0.1, -0.05) is 6.92 Å². The Morgan fingerprint density at radius 3 is 2.64 bits per heavy atom. The lowest BCUT2D eigenvalue weighted by Gasteiger charge is -2.05. The van der Waals surface area contributed by atoms with E-state index in [-0.39, 0.29) is 12.5 Å². The van der Waals surface area contributed by atoms with Crippen molar-refractivity contribution in [3.8, 4) is 5.75 Å². The predicted molar refractivity (Wildman–Crippen MR) is 94.0 cm³/mol. The van der Waals surface area contributed by atoms with Gasteiger partial charge in [-0.05, 0) is 54.8 Å². The summed E-state index contributed by atoms with van der Waals surface area (Å²) in [5.74, 6) is 2.55.